The number of para-hydroxylation sites is 2. The maximum absolute atomic E-state index is 14.4. The molecule has 0 spiro atoms. The third-order valence-corrected chi connectivity index (χ3v) is 18.2. The molecule has 4 heterocycles. The molecular weight excluding hydrogens is 1010 g/mol. The smallest absolute Gasteiger partial charge is 0.260 e. The molecule has 0 N–H and O–H groups in total. The SMILES string of the molecule is CCC(=O)CCCSSC(C)(C)CN(CCOCCOCCOC)c1cc(COc2cc3c(cc2C)C(=O)N2c4ccccc4C[C@H]2CN3C)cc(COc2cc3c(cc2OC)C(=O)N2c4ccccc4C[C@H]2CN3C)c1. The molecule has 5 aromatic carbocycles. The Kier molecular flexibility index (Phi) is 18.3. The molecule has 4 aliphatic rings. The Bertz CT molecular complexity index is 2920. The number of fused-ring (bicyclic) bond motifs is 8. The topological polar surface area (TPSA) is 123 Å². The summed E-state index contributed by atoms with van der Waals surface area (Å²) in [6, 6.07) is 30.7. The molecule has 0 aliphatic carbocycles. The standard InChI is InChI=1S/C61H75N5O9S2/c1-9-49(67)17-14-26-76-77-61(3,4)40-64(20-21-72-24-25-73-23-22-70-7)46-29-42(38-74-56-34-54-50(27-41(56)2)59(68)65-47(36-62(54)5)31-44-15-10-12-18-52(44)65)28-43(30-46)39-75-58-35-55-51(33-57(58)71-8)60(69)66-48(37-63(55)6)32-45-16-11-13-19-53(45)66/h10-13,15-16,18-19,27-30,33-35,47-48H,9,14,17,20-26,31-32,36-40H2,1-8H3/t47-,48-/m0/s1. The Morgan fingerprint density at radius 3 is 1.84 bits per heavy atom. The van der Waals surface area contributed by atoms with Crippen molar-refractivity contribution in [2.24, 2.45) is 0 Å². The second-order valence-corrected chi connectivity index (χ2v) is 24.2. The Morgan fingerprint density at radius 1 is 0.688 bits per heavy atom. The van der Waals surface area contributed by atoms with Gasteiger partial charge in [-0.05, 0) is 110 Å². The normalized spacial score (nSPS) is 16.5. The predicted octanol–water partition coefficient (Wildman–Crippen LogP) is 10.6. The summed E-state index contributed by atoms with van der Waals surface area (Å²) in [6.45, 7) is 14.0. The van der Waals surface area contributed by atoms with Gasteiger partial charge in [0.05, 0.1) is 74.7 Å². The molecule has 0 unspecified atom stereocenters. The highest BCUT2D eigenvalue weighted by molar-refractivity contribution is 8.77. The van der Waals surface area contributed by atoms with Gasteiger partial charge in [-0.3, -0.25) is 14.4 Å². The molecule has 0 bridgehead atoms. The van der Waals surface area contributed by atoms with Crippen LogP contribution in [0.15, 0.2) is 91.0 Å². The highest BCUT2D eigenvalue weighted by atomic mass is 33.1. The number of hydrogen-bond acceptors (Lipinski definition) is 14. The first-order chi connectivity index (χ1) is 37.2. The number of rotatable bonds is 26. The second-order valence-electron chi connectivity index (χ2n) is 21.1. The second kappa shape index (κ2) is 25.3. The summed E-state index contributed by atoms with van der Waals surface area (Å²) in [7, 11) is 11.0. The summed E-state index contributed by atoms with van der Waals surface area (Å²) in [5.41, 5.74) is 10.9. The summed E-state index contributed by atoms with van der Waals surface area (Å²) >= 11 is 0. The van der Waals surface area contributed by atoms with Crippen molar-refractivity contribution in [3.05, 3.63) is 130 Å². The van der Waals surface area contributed by atoms with E-state index in [1.54, 1.807) is 14.2 Å². The Hall–Kier alpha value is -5.91. The number of ketones is 1. The number of methoxy groups -OCH3 is 2. The molecule has 0 aromatic heterocycles. The minimum Gasteiger partial charge on any atom is -0.493 e. The van der Waals surface area contributed by atoms with Crippen molar-refractivity contribution in [1.29, 1.82) is 0 Å². The summed E-state index contributed by atoms with van der Waals surface area (Å²) in [6.07, 6.45) is 3.65. The summed E-state index contributed by atoms with van der Waals surface area (Å²) in [4.78, 5) is 51.5. The summed E-state index contributed by atoms with van der Waals surface area (Å²) < 4.78 is 36.4. The van der Waals surface area contributed by atoms with Crippen LogP contribution in [0.3, 0.4) is 0 Å². The largest absolute Gasteiger partial charge is 0.493 e. The number of likely N-dealkylation sites (N-methyl/N-ethyl adjacent to an activating group) is 2. The van der Waals surface area contributed by atoms with Gasteiger partial charge >= 0.3 is 0 Å². The van der Waals surface area contributed by atoms with E-state index in [-0.39, 0.29) is 41.9 Å². The average molecular weight is 1090 g/mol. The minimum atomic E-state index is -0.193. The number of benzene rings is 5. The van der Waals surface area contributed by atoms with Gasteiger partial charge in [-0.1, -0.05) is 64.9 Å². The molecule has 2 amide bonds. The van der Waals surface area contributed by atoms with Gasteiger partial charge in [0.15, 0.2) is 11.5 Å². The first-order valence-electron chi connectivity index (χ1n) is 27.0. The van der Waals surface area contributed by atoms with Gasteiger partial charge in [-0.25, -0.2) is 0 Å². The lowest BCUT2D eigenvalue weighted by molar-refractivity contribution is -0.118. The molecule has 2 atom stereocenters. The van der Waals surface area contributed by atoms with Crippen LogP contribution in [-0.2, 0) is 45.1 Å². The predicted molar refractivity (Wildman–Crippen MR) is 312 cm³/mol. The number of aryl methyl sites for hydroxylation is 1. The molecule has 410 valence electrons. The van der Waals surface area contributed by atoms with Gasteiger partial charge in [0.25, 0.3) is 11.8 Å². The van der Waals surface area contributed by atoms with Crippen LogP contribution in [0.4, 0.5) is 28.4 Å². The van der Waals surface area contributed by atoms with E-state index in [1.807, 2.05) is 107 Å². The van der Waals surface area contributed by atoms with E-state index in [1.165, 1.54) is 11.1 Å². The number of anilines is 5. The number of carbonyl (C=O) groups is 3. The molecule has 0 radical (unpaired) electrons. The number of hydrogen-bond donors (Lipinski definition) is 0. The van der Waals surface area contributed by atoms with E-state index in [4.69, 9.17) is 28.4 Å². The Balaban J connectivity index is 1.01. The third-order valence-electron chi connectivity index (χ3n) is 14.8. The fourth-order valence-electron chi connectivity index (χ4n) is 11.0. The van der Waals surface area contributed by atoms with Crippen molar-refractivity contribution in [1.82, 2.24) is 0 Å². The molecule has 4 aliphatic heterocycles. The average Bonchev–Trinajstić information content (AvgIpc) is 3.93. The van der Waals surface area contributed by atoms with Crippen LogP contribution in [0.25, 0.3) is 0 Å². The third kappa shape index (κ3) is 13.0. The number of nitrogens with zero attached hydrogens (tertiary/aromatic N) is 5. The monoisotopic (exact) mass is 1090 g/mol. The van der Waals surface area contributed by atoms with Gasteiger partial charge in [0.1, 0.15) is 24.7 Å². The molecule has 14 nitrogen and oxygen atoms in total. The zero-order chi connectivity index (χ0) is 54.2. The number of ether oxygens (including phenoxy) is 6. The maximum atomic E-state index is 14.4. The lowest BCUT2D eigenvalue weighted by Gasteiger charge is -2.34. The van der Waals surface area contributed by atoms with Crippen molar-refractivity contribution >= 4 is 67.6 Å². The lowest BCUT2D eigenvalue weighted by atomic mass is 10.1. The first kappa shape index (κ1) is 55.8. The van der Waals surface area contributed by atoms with Crippen molar-refractivity contribution in [3.63, 3.8) is 0 Å². The van der Waals surface area contributed by atoms with Crippen LogP contribution in [-0.4, -0.2) is 128 Å². The minimum absolute atomic E-state index is 0.00548. The highest BCUT2D eigenvalue weighted by Crippen LogP contribution is 2.44. The van der Waals surface area contributed by atoms with Crippen LogP contribution < -0.4 is 38.7 Å². The maximum Gasteiger partial charge on any atom is 0.260 e. The van der Waals surface area contributed by atoms with E-state index in [0.717, 1.165) is 70.1 Å². The molecule has 0 fully saturated rings. The first-order valence-corrected chi connectivity index (χ1v) is 29.3. The van der Waals surface area contributed by atoms with E-state index in [2.05, 4.69) is 72.0 Å². The number of amides is 2. The van der Waals surface area contributed by atoms with Gasteiger partial charge in [-0.15, -0.1) is 0 Å². The van der Waals surface area contributed by atoms with E-state index >= 15 is 0 Å². The summed E-state index contributed by atoms with van der Waals surface area (Å²) in [5.74, 6) is 2.87. The van der Waals surface area contributed by atoms with E-state index < -0.39 is 0 Å². The highest BCUT2D eigenvalue weighted by Gasteiger charge is 2.41. The van der Waals surface area contributed by atoms with E-state index in [0.29, 0.717) is 106 Å². The fourth-order valence-corrected chi connectivity index (χ4v) is 13.6. The number of Topliss-reactive ketones (excluding diaryl/α,β-unsaturated/α-hetero) is 1. The van der Waals surface area contributed by atoms with Crippen LogP contribution in [0.1, 0.15) is 88.6 Å². The van der Waals surface area contributed by atoms with Crippen molar-refractivity contribution in [3.8, 4) is 17.2 Å². The van der Waals surface area contributed by atoms with E-state index in [9.17, 15) is 14.4 Å². The summed E-state index contributed by atoms with van der Waals surface area (Å²) in [5, 5.41) is 0. The Labute approximate surface area is 463 Å². The lowest BCUT2D eigenvalue weighted by Crippen LogP contribution is -2.41. The van der Waals surface area contributed by atoms with Crippen LogP contribution in [0, 0.1) is 6.92 Å². The quantitative estimate of drug-likeness (QED) is 0.0386. The molecule has 5 aromatic rings. The van der Waals surface area contributed by atoms with Crippen LogP contribution in [0.5, 0.6) is 17.2 Å². The molecule has 16 heteroatoms. The van der Waals surface area contributed by atoms with Gasteiger partial charge in [0, 0.05) is 99.9 Å². The molecule has 0 saturated heterocycles. The Morgan fingerprint density at radius 2 is 1.25 bits per heavy atom. The van der Waals surface area contributed by atoms with Crippen LogP contribution in [0.2, 0.25) is 0 Å². The van der Waals surface area contributed by atoms with Crippen molar-refractivity contribution in [2.45, 2.75) is 89.8 Å². The van der Waals surface area contributed by atoms with Gasteiger partial charge in [0.2, 0.25) is 0 Å². The van der Waals surface area contributed by atoms with Crippen molar-refractivity contribution in [2.75, 3.05) is 118 Å². The number of carbonyl (C=O) groups excluding carboxylic acids is 3. The fraction of sp³-hybridized carbons (Fsp3) is 0.459. The van der Waals surface area contributed by atoms with Crippen molar-refractivity contribution < 1.29 is 42.8 Å². The zero-order valence-corrected chi connectivity index (χ0v) is 47.7. The van der Waals surface area contributed by atoms with Crippen LogP contribution >= 0.6 is 21.6 Å². The molecular formula is C61H75N5O9S2. The molecule has 77 heavy (non-hydrogen) atoms. The molecule has 9 rings (SSSR count). The van der Waals surface area contributed by atoms with Gasteiger partial charge in [-0.2, -0.15) is 0 Å². The molecule has 0 saturated carbocycles. The van der Waals surface area contributed by atoms with Gasteiger partial charge < -0.3 is 52.9 Å². The zero-order valence-electron chi connectivity index (χ0n) is 46.1.